The molecule has 4 rings (SSSR count). The predicted molar refractivity (Wildman–Crippen MR) is 122 cm³/mol. The minimum absolute atomic E-state index is 0.470. The molecule has 0 aliphatic heterocycles. The Morgan fingerprint density at radius 3 is 2.67 bits per heavy atom. The maximum absolute atomic E-state index is 5.87. The molecule has 0 aliphatic rings. The van der Waals surface area contributed by atoms with Gasteiger partial charge in [-0.15, -0.1) is 0 Å². The molecule has 0 aliphatic carbocycles. The molecule has 0 fully saturated rings. The van der Waals surface area contributed by atoms with Crippen LogP contribution < -0.4 is 10.6 Å². The number of nitrogens with one attached hydrogen (secondary N) is 3. The zero-order valence-corrected chi connectivity index (χ0v) is 17.6. The van der Waals surface area contributed by atoms with E-state index in [1.807, 2.05) is 12.1 Å². The minimum atomic E-state index is 0.470. The van der Waals surface area contributed by atoms with Gasteiger partial charge in [0.15, 0.2) is 11.7 Å². The van der Waals surface area contributed by atoms with E-state index in [0.29, 0.717) is 12.4 Å². The Labute approximate surface area is 176 Å². The first-order valence-corrected chi connectivity index (χ1v) is 10.2. The number of aliphatic imine (C=N–C) groups is 1. The van der Waals surface area contributed by atoms with Crippen LogP contribution in [0.15, 0.2) is 64.3 Å². The molecule has 4 aromatic rings. The Balaban J connectivity index is 1.29. The fraction of sp³-hybridized carbons (Fsp3) is 0.250. The highest BCUT2D eigenvalue weighted by molar-refractivity contribution is 5.84. The second kappa shape index (κ2) is 8.86. The van der Waals surface area contributed by atoms with Crippen LogP contribution >= 0.6 is 0 Å². The molecular formula is C24H27N5O. The predicted octanol–water partition coefficient (Wildman–Crippen LogP) is 4.35. The molecule has 2 aromatic heterocycles. The van der Waals surface area contributed by atoms with E-state index in [9.17, 15) is 0 Å². The molecule has 0 saturated carbocycles. The molecule has 6 heteroatoms. The van der Waals surface area contributed by atoms with Gasteiger partial charge in [0.05, 0.1) is 12.7 Å². The molecule has 0 bridgehead atoms. The number of fused-ring (bicyclic) bond motifs is 1. The molecule has 0 unspecified atom stereocenters. The number of benzene rings is 2. The third kappa shape index (κ3) is 4.54. The van der Waals surface area contributed by atoms with Crippen molar-refractivity contribution >= 4 is 16.9 Å². The van der Waals surface area contributed by atoms with Crippen LogP contribution in [0.5, 0.6) is 0 Å². The van der Waals surface area contributed by atoms with Crippen molar-refractivity contribution in [1.29, 1.82) is 0 Å². The van der Waals surface area contributed by atoms with E-state index in [-0.39, 0.29) is 0 Å². The first kappa shape index (κ1) is 19.8. The van der Waals surface area contributed by atoms with Crippen molar-refractivity contribution in [3.63, 3.8) is 0 Å². The highest BCUT2D eigenvalue weighted by Crippen LogP contribution is 2.21. The van der Waals surface area contributed by atoms with Gasteiger partial charge in [-0.3, -0.25) is 4.99 Å². The number of nitrogens with zero attached hydrogens (tertiary/aromatic N) is 2. The monoisotopic (exact) mass is 401 g/mol. The normalized spacial score (nSPS) is 11.8. The van der Waals surface area contributed by atoms with Gasteiger partial charge in [-0.05, 0) is 37.5 Å². The smallest absolute Gasteiger partial charge is 0.214 e. The number of guanidine groups is 1. The second-order valence-electron chi connectivity index (χ2n) is 7.45. The largest absolute Gasteiger partial charge is 0.439 e. The number of H-pyrrole nitrogens is 1. The van der Waals surface area contributed by atoms with Gasteiger partial charge in [-0.25, -0.2) is 4.98 Å². The fourth-order valence-electron chi connectivity index (χ4n) is 3.45. The van der Waals surface area contributed by atoms with Gasteiger partial charge in [0.2, 0.25) is 5.89 Å². The van der Waals surface area contributed by atoms with Crippen molar-refractivity contribution in [3.8, 4) is 11.3 Å². The van der Waals surface area contributed by atoms with Crippen LogP contribution in [-0.4, -0.2) is 29.5 Å². The second-order valence-corrected chi connectivity index (χ2v) is 7.45. The Kier molecular flexibility index (Phi) is 5.84. The molecule has 3 N–H and O–H groups in total. The topological polar surface area (TPSA) is 78.2 Å². The Hall–Kier alpha value is -3.54. The van der Waals surface area contributed by atoms with E-state index in [4.69, 9.17) is 4.42 Å². The van der Waals surface area contributed by atoms with Crippen LogP contribution in [0.3, 0.4) is 0 Å². The van der Waals surface area contributed by atoms with E-state index in [2.05, 4.69) is 76.0 Å². The number of hydrogen-bond donors (Lipinski definition) is 3. The summed E-state index contributed by atoms with van der Waals surface area (Å²) in [4.78, 5) is 12.0. The average molecular weight is 402 g/mol. The first-order valence-electron chi connectivity index (χ1n) is 10.2. The van der Waals surface area contributed by atoms with Crippen molar-refractivity contribution in [2.75, 3.05) is 13.6 Å². The third-order valence-electron chi connectivity index (χ3n) is 5.13. The maximum atomic E-state index is 5.87. The van der Waals surface area contributed by atoms with E-state index < -0.39 is 0 Å². The number of aromatic amines is 1. The van der Waals surface area contributed by atoms with Crippen LogP contribution in [0.25, 0.3) is 22.2 Å². The molecule has 0 atom stereocenters. The lowest BCUT2D eigenvalue weighted by atomic mass is 10.1. The Bertz CT molecular complexity index is 1150. The van der Waals surface area contributed by atoms with Crippen molar-refractivity contribution in [1.82, 2.24) is 20.6 Å². The van der Waals surface area contributed by atoms with E-state index >= 15 is 0 Å². The maximum Gasteiger partial charge on any atom is 0.214 e. The standard InChI is InChI=1S/C24H27N5O/c1-16-4-7-18(8-5-16)22-14-28-23(30-22)15-29-24(25-3)26-11-10-19-13-27-21-12-17(2)6-9-20(19)21/h4-9,12-14,27H,10-11,15H2,1-3H3,(H2,25,26,29). The zero-order valence-electron chi connectivity index (χ0n) is 17.6. The highest BCUT2D eigenvalue weighted by atomic mass is 16.4. The fourth-order valence-corrected chi connectivity index (χ4v) is 3.45. The van der Waals surface area contributed by atoms with Gasteiger partial charge in [0.25, 0.3) is 0 Å². The molecule has 0 amide bonds. The Morgan fingerprint density at radius 2 is 1.87 bits per heavy atom. The Morgan fingerprint density at radius 1 is 1.07 bits per heavy atom. The minimum Gasteiger partial charge on any atom is -0.439 e. The lowest BCUT2D eigenvalue weighted by Crippen LogP contribution is -2.37. The summed E-state index contributed by atoms with van der Waals surface area (Å²) in [6, 6.07) is 14.7. The van der Waals surface area contributed by atoms with Crippen LogP contribution in [0.4, 0.5) is 0 Å². The van der Waals surface area contributed by atoms with Gasteiger partial charge < -0.3 is 20.0 Å². The molecule has 2 aromatic carbocycles. The van der Waals surface area contributed by atoms with Crippen molar-refractivity contribution in [2.24, 2.45) is 4.99 Å². The van der Waals surface area contributed by atoms with Crippen LogP contribution in [-0.2, 0) is 13.0 Å². The molecule has 30 heavy (non-hydrogen) atoms. The molecular weight excluding hydrogens is 374 g/mol. The van der Waals surface area contributed by atoms with Gasteiger partial charge >= 0.3 is 0 Å². The van der Waals surface area contributed by atoms with Gasteiger partial charge in [-0.1, -0.05) is 42.0 Å². The summed E-state index contributed by atoms with van der Waals surface area (Å²) in [7, 11) is 1.76. The number of oxazole rings is 1. The van der Waals surface area contributed by atoms with Crippen molar-refractivity contribution < 1.29 is 4.42 Å². The summed E-state index contributed by atoms with van der Waals surface area (Å²) in [6.45, 7) is 5.42. The van der Waals surface area contributed by atoms with Crippen LogP contribution in [0, 0.1) is 13.8 Å². The van der Waals surface area contributed by atoms with Gasteiger partial charge in [0, 0.05) is 36.3 Å². The third-order valence-corrected chi connectivity index (χ3v) is 5.13. The van der Waals surface area contributed by atoms with Gasteiger partial charge in [-0.2, -0.15) is 0 Å². The summed E-state index contributed by atoms with van der Waals surface area (Å²) >= 11 is 0. The molecule has 2 heterocycles. The van der Waals surface area contributed by atoms with Crippen molar-refractivity contribution in [2.45, 2.75) is 26.8 Å². The van der Waals surface area contributed by atoms with Crippen LogP contribution in [0.2, 0.25) is 0 Å². The van der Waals surface area contributed by atoms with E-state index in [1.165, 1.54) is 27.6 Å². The molecule has 154 valence electrons. The number of rotatable bonds is 6. The number of aryl methyl sites for hydroxylation is 2. The van der Waals surface area contributed by atoms with E-state index in [1.54, 1.807) is 13.2 Å². The quantitative estimate of drug-likeness (QED) is 0.332. The summed E-state index contributed by atoms with van der Waals surface area (Å²) < 4.78 is 5.87. The number of hydrogen-bond acceptors (Lipinski definition) is 3. The number of aromatic nitrogens is 2. The highest BCUT2D eigenvalue weighted by Gasteiger charge is 2.08. The van der Waals surface area contributed by atoms with Gasteiger partial charge in [0.1, 0.15) is 0 Å². The first-order chi connectivity index (χ1) is 14.6. The molecule has 6 nitrogen and oxygen atoms in total. The summed E-state index contributed by atoms with van der Waals surface area (Å²) in [5, 5.41) is 7.89. The molecule has 0 radical (unpaired) electrons. The SMILES string of the molecule is CN=C(NCCc1c[nH]c2cc(C)ccc12)NCc1ncc(-c2ccc(C)cc2)o1. The lowest BCUT2D eigenvalue weighted by molar-refractivity contribution is 0.497. The summed E-state index contributed by atoms with van der Waals surface area (Å²) in [5.74, 6) is 2.12. The van der Waals surface area contributed by atoms with Crippen LogP contribution in [0.1, 0.15) is 22.6 Å². The average Bonchev–Trinajstić information content (AvgIpc) is 3.38. The van der Waals surface area contributed by atoms with E-state index in [0.717, 1.165) is 30.2 Å². The molecule has 0 saturated heterocycles. The van der Waals surface area contributed by atoms with Crippen molar-refractivity contribution in [3.05, 3.63) is 77.4 Å². The molecule has 0 spiro atoms. The lowest BCUT2D eigenvalue weighted by Gasteiger charge is -2.10. The zero-order chi connectivity index (χ0) is 20.9. The summed E-state index contributed by atoms with van der Waals surface area (Å²) in [5.41, 5.74) is 5.98. The summed E-state index contributed by atoms with van der Waals surface area (Å²) in [6.07, 6.45) is 4.75.